The molecule has 0 bridgehead atoms. The van der Waals surface area contributed by atoms with Crippen molar-refractivity contribution in [2.24, 2.45) is 0 Å². The molecule has 1 rings (SSSR count). The van der Waals surface area contributed by atoms with E-state index in [-0.39, 0.29) is 34.2 Å². The van der Waals surface area contributed by atoms with Crippen LogP contribution in [0.4, 0.5) is 5.69 Å². The summed E-state index contributed by atoms with van der Waals surface area (Å²) in [5.74, 6) is -0.863. The van der Waals surface area contributed by atoms with Crippen LogP contribution < -0.4 is 5.32 Å². The van der Waals surface area contributed by atoms with Gasteiger partial charge in [0.1, 0.15) is 6.54 Å². The summed E-state index contributed by atoms with van der Waals surface area (Å²) in [7, 11) is 0. The predicted molar refractivity (Wildman–Crippen MR) is 41.4 cm³/mol. The van der Waals surface area contributed by atoms with E-state index >= 15 is 0 Å². The van der Waals surface area contributed by atoms with Gasteiger partial charge >= 0.3 is 5.97 Å². The number of hydrogen-bond acceptors (Lipinski definition) is 2. The summed E-state index contributed by atoms with van der Waals surface area (Å²) in [6.07, 6.45) is 0. The smallest absolute Gasteiger partial charge is 0.322 e. The Labute approximate surface area is 91.3 Å². The van der Waals surface area contributed by atoms with Crippen LogP contribution in [0.25, 0.3) is 0 Å². The van der Waals surface area contributed by atoms with Crippen molar-refractivity contribution in [2.75, 3.05) is 11.9 Å². The Balaban J connectivity index is 0.00000121. The van der Waals surface area contributed by atoms with E-state index in [1.165, 1.54) is 0 Å². The van der Waals surface area contributed by atoms with Crippen LogP contribution in [0, 0.1) is 6.07 Å². The van der Waals surface area contributed by atoms with Crippen molar-refractivity contribution in [1.82, 2.24) is 0 Å². The predicted octanol–water partition coefficient (Wildman–Crippen LogP) is 0.981. The summed E-state index contributed by atoms with van der Waals surface area (Å²) in [5, 5.41) is 11.0. The first kappa shape index (κ1) is 11.4. The molecule has 12 heavy (non-hydrogen) atoms. The minimum absolute atomic E-state index is 0. The summed E-state index contributed by atoms with van der Waals surface area (Å²) in [5.41, 5.74) is 0.797. The van der Waals surface area contributed by atoms with Crippen LogP contribution in [-0.4, -0.2) is 17.6 Å². The standard InChI is InChI=1S/C8H8NO2.Hg/c10-8(11)6-9-7-4-2-1-3-5-7;/h2-5,9H,6H2,(H,10,11);. The number of aliphatic carboxylic acids is 1. The summed E-state index contributed by atoms with van der Waals surface area (Å²) in [6, 6.07) is 9.82. The van der Waals surface area contributed by atoms with Crippen LogP contribution in [-0.2, 0) is 32.5 Å². The quantitative estimate of drug-likeness (QED) is 0.799. The molecule has 3 nitrogen and oxygen atoms in total. The molecule has 4 heteroatoms. The molecule has 0 aliphatic rings. The Morgan fingerprint density at radius 3 is 2.58 bits per heavy atom. The zero-order valence-corrected chi connectivity index (χ0v) is 12.1. The minimum Gasteiger partial charge on any atom is -0.480 e. The molecule has 0 amide bonds. The molecule has 1 aromatic rings. The average molecular weight is 351 g/mol. The molecule has 0 saturated carbocycles. The van der Waals surface area contributed by atoms with E-state index < -0.39 is 5.97 Å². The van der Waals surface area contributed by atoms with Gasteiger partial charge in [0.15, 0.2) is 0 Å². The van der Waals surface area contributed by atoms with Gasteiger partial charge in [0.05, 0.1) is 0 Å². The molecular weight excluding hydrogens is 343 g/mol. The zero-order chi connectivity index (χ0) is 8.10. The monoisotopic (exact) mass is 352 g/mol. The van der Waals surface area contributed by atoms with Crippen LogP contribution in [0.3, 0.4) is 0 Å². The van der Waals surface area contributed by atoms with E-state index in [2.05, 4.69) is 11.4 Å². The average Bonchev–Trinajstić information content (AvgIpc) is 2.03. The number of carboxylic acids is 1. The van der Waals surface area contributed by atoms with E-state index in [4.69, 9.17) is 5.11 Å². The fourth-order valence-corrected chi connectivity index (χ4v) is 0.682. The van der Waals surface area contributed by atoms with E-state index in [9.17, 15) is 4.79 Å². The van der Waals surface area contributed by atoms with Crippen molar-refractivity contribution in [3.8, 4) is 0 Å². The Kier molecular flexibility index (Phi) is 5.71. The van der Waals surface area contributed by atoms with Gasteiger partial charge in [-0.2, -0.15) is 0 Å². The van der Waals surface area contributed by atoms with Crippen molar-refractivity contribution in [3.05, 3.63) is 30.3 Å². The fourth-order valence-electron chi connectivity index (χ4n) is 0.682. The number of benzene rings is 1. The molecule has 0 unspecified atom stereocenters. The molecule has 59 valence electrons. The van der Waals surface area contributed by atoms with Crippen LogP contribution in [0.5, 0.6) is 0 Å². The first-order valence-corrected chi connectivity index (χ1v) is 3.21. The van der Waals surface area contributed by atoms with Crippen LogP contribution >= 0.6 is 0 Å². The topological polar surface area (TPSA) is 49.3 Å². The third kappa shape index (κ3) is 4.33. The maximum absolute atomic E-state index is 10.1. The van der Waals surface area contributed by atoms with Gasteiger partial charge in [-0.25, -0.2) is 0 Å². The van der Waals surface area contributed by atoms with Gasteiger partial charge in [0, 0.05) is 33.4 Å². The molecular formula is C8H8HgNO2. The largest absolute Gasteiger partial charge is 0.480 e. The van der Waals surface area contributed by atoms with E-state index in [0.717, 1.165) is 5.69 Å². The Morgan fingerprint density at radius 1 is 1.50 bits per heavy atom. The molecule has 1 aromatic carbocycles. The second-order valence-electron chi connectivity index (χ2n) is 2.04. The summed E-state index contributed by atoms with van der Waals surface area (Å²) in [4.78, 5) is 10.1. The van der Waals surface area contributed by atoms with Crippen molar-refractivity contribution in [1.29, 1.82) is 0 Å². The van der Waals surface area contributed by atoms with Crippen molar-refractivity contribution >= 4 is 11.7 Å². The number of rotatable bonds is 3. The number of carboxylic acid groups (broad SMARTS) is 1. The van der Waals surface area contributed by atoms with Crippen LogP contribution in [0.15, 0.2) is 24.3 Å². The maximum Gasteiger partial charge on any atom is 0.322 e. The Morgan fingerprint density at radius 2 is 2.08 bits per heavy atom. The molecule has 0 heterocycles. The number of nitrogens with one attached hydrogen (secondary N) is 1. The minimum atomic E-state index is -0.863. The van der Waals surface area contributed by atoms with Gasteiger partial charge in [-0.3, -0.25) is 4.79 Å². The van der Waals surface area contributed by atoms with Gasteiger partial charge in [-0.1, -0.05) is 12.1 Å². The third-order valence-electron chi connectivity index (χ3n) is 1.16. The summed E-state index contributed by atoms with van der Waals surface area (Å²) < 4.78 is 0. The summed E-state index contributed by atoms with van der Waals surface area (Å²) in [6.45, 7) is -0.0516. The first-order valence-electron chi connectivity index (χ1n) is 3.21. The van der Waals surface area contributed by atoms with Crippen molar-refractivity contribution in [3.63, 3.8) is 0 Å². The van der Waals surface area contributed by atoms with Crippen molar-refractivity contribution in [2.45, 2.75) is 0 Å². The Bertz CT molecular complexity index is 238. The summed E-state index contributed by atoms with van der Waals surface area (Å²) >= 11 is 0. The third-order valence-corrected chi connectivity index (χ3v) is 1.16. The SMILES string of the molecule is O=C(O)CNc1cc[c]cc1.[Hg]. The van der Waals surface area contributed by atoms with Crippen LogP contribution in [0.2, 0.25) is 0 Å². The molecule has 0 aliphatic carbocycles. The van der Waals surface area contributed by atoms with Crippen LogP contribution in [0.1, 0.15) is 0 Å². The molecule has 0 saturated heterocycles. The van der Waals surface area contributed by atoms with E-state index in [0.29, 0.717) is 0 Å². The van der Waals surface area contributed by atoms with E-state index in [1.807, 2.05) is 0 Å². The van der Waals surface area contributed by atoms with Gasteiger partial charge in [0.2, 0.25) is 0 Å². The van der Waals surface area contributed by atoms with Gasteiger partial charge in [0.25, 0.3) is 0 Å². The van der Waals surface area contributed by atoms with Gasteiger partial charge < -0.3 is 10.4 Å². The van der Waals surface area contributed by atoms with E-state index in [1.54, 1.807) is 24.3 Å². The molecule has 2 N–H and O–H groups in total. The molecule has 1 radical (unpaired) electrons. The second-order valence-corrected chi connectivity index (χ2v) is 2.04. The number of anilines is 1. The van der Waals surface area contributed by atoms with Crippen molar-refractivity contribution < 1.29 is 37.6 Å². The zero-order valence-electron chi connectivity index (χ0n) is 6.58. The molecule has 0 aliphatic heterocycles. The molecule has 0 spiro atoms. The molecule has 0 atom stereocenters. The maximum atomic E-state index is 10.1. The fraction of sp³-hybridized carbons (Fsp3) is 0.125. The molecule has 0 fully saturated rings. The van der Waals surface area contributed by atoms with Gasteiger partial charge in [-0.05, 0) is 18.2 Å². The number of carbonyl (C=O) groups is 1. The van der Waals surface area contributed by atoms with Gasteiger partial charge in [-0.15, -0.1) is 0 Å². The second kappa shape index (κ2) is 6.00. The molecule has 0 aromatic heterocycles. The first-order chi connectivity index (χ1) is 5.29. The Hall–Kier alpha value is -0.575. The number of hydrogen-bond donors (Lipinski definition) is 2. The normalized spacial score (nSPS) is 8.33.